The molecule has 0 spiro atoms. The first-order valence-corrected chi connectivity index (χ1v) is 8.54. The summed E-state index contributed by atoms with van der Waals surface area (Å²) in [5.41, 5.74) is 2.06. The molecule has 3 aromatic rings. The number of para-hydroxylation sites is 1. The van der Waals surface area contributed by atoms with Crippen LogP contribution in [0.25, 0.3) is 22.1 Å². The van der Waals surface area contributed by atoms with Gasteiger partial charge in [-0.25, -0.2) is 18.4 Å². The van der Waals surface area contributed by atoms with E-state index in [9.17, 15) is 8.42 Å². The number of hydrogen-bond donors (Lipinski definition) is 1. The van der Waals surface area contributed by atoms with E-state index in [-0.39, 0.29) is 17.5 Å². The molecule has 0 radical (unpaired) electrons. The Labute approximate surface area is 121 Å². The standard InChI is InChI=1S/C14H13N3O3S/c18-21(19)6-5-9(7-21)17-14-13-12(15-8-16-14)10-3-1-2-4-11(10)20-13/h1-4,8-9H,5-7H2,(H,15,16,17)/t9-/m0/s1. The molecule has 1 aliphatic heterocycles. The molecule has 1 aromatic carbocycles. The van der Waals surface area contributed by atoms with Gasteiger partial charge < -0.3 is 9.73 Å². The number of anilines is 1. The van der Waals surface area contributed by atoms with Crippen molar-refractivity contribution < 1.29 is 12.8 Å². The fraction of sp³-hybridized carbons (Fsp3) is 0.286. The number of nitrogens with zero attached hydrogens (tertiary/aromatic N) is 2. The maximum atomic E-state index is 11.5. The van der Waals surface area contributed by atoms with Crippen LogP contribution < -0.4 is 5.32 Å². The van der Waals surface area contributed by atoms with Gasteiger partial charge in [0, 0.05) is 11.4 Å². The van der Waals surface area contributed by atoms with E-state index < -0.39 is 9.84 Å². The first kappa shape index (κ1) is 12.6. The summed E-state index contributed by atoms with van der Waals surface area (Å²) in [5.74, 6) is 0.913. The van der Waals surface area contributed by atoms with E-state index in [1.54, 1.807) is 0 Å². The number of rotatable bonds is 2. The van der Waals surface area contributed by atoms with Gasteiger partial charge in [-0.05, 0) is 18.6 Å². The van der Waals surface area contributed by atoms with Crippen LogP contribution in [0.15, 0.2) is 35.0 Å². The quantitative estimate of drug-likeness (QED) is 0.779. The Kier molecular flexibility index (Phi) is 2.65. The number of hydrogen-bond acceptors (Lipinski definition) is 6. The lowest BCUT2D eigenvalue weighted by atomic mass is 10.2. The van der Waals surface area contributed by atoms with Crippen molar-refractivity contribution in [3.63, 3.8) is 0 Å². The molecule has 108 valence electrons. The van der Waals surface area contributed by atoms with Gasteiger partial charge in [-0.1, -0.05) is 12.1 Å². The summed E-state index contributed by atoms with van der Waals surface area (Å²) in [6, 6.07) is 7.52. The third-order valence-electron chi connectivity index (χ3n) is 3.73. The first-order valence-electron chi connectivity index (χ1n) is 6.72. The van der Waals surface area contributed by atoms with Gasteiger partial charge in [0.1, 0.15) is 17.4 Å². The highest BCUT2D eigenvalue weighted by molar-refractivity contribution is 7.91. The van der Waals surface area contributed by atoms with Crippen LogP contribution in [0.5, 0.6) is 0 Å². The number of nitrogens with one attached hydrogen (secondary N) is 1. The molecule has 0 unspecified atom stereocenters. The Morgan fingerprint density at radius 3 is 2.90 bits per heavy atom. The van der Waals surface area contributed by atoms with E-state index in [0.717, 1.165) is 16.5 Å². The normalized spacial score (nSPS) is 21.0. The van der Waals surface area contributed by atoms with Gasteiger partial charge >= 0.3 is 0 Å². The number of aromatic nitrogens is 2. The van der Waals surface area contributed by atoms with Crippen LogP contribution in [0.2, 0.25) is 0 Å². The van der Waals surface area contributed by atoms with Crippen LogP contribution in [-0.2, 0) is 9.84 Å². The maximum absolute atomic E-state index is 11.5. The highest BCUT2D eigenvalue weighted by atomic mass is 32.2. The molecule has 1 N–H and O–H groups in total. The zero-order chi connectivity index (χ0) is 14.4. The molecule has 1 atom stereocenters. The molecule has 4 rings (SSSR count). The van der Waals surface area contributed by atoms with Crippen molar-refractivity contribution in [2.75, 3.05) is 16.8 Å². The predicted molar refractivity (Wildman–Crippen MR) is 80.0 cm³/mol. The molecule has 3 heterocycles. The van der Waals surface area contributed by atoms with Gasteiger partial charge in [0.15, 0.2) is 21.2 Å². The van der Waals surface area contributed by atoms with Gasteiger partial charge in [-0.2, -0.15) is 0 Å². The average molecular weight is 303 g/mol. The molecule has 21 heavy (non-hydrogen) atoms. The van der Waals surface area contributed by atoms with E-state index >= 15 is 0 Å². The number of furan rings is 1. The maximum Gasteiger partial charge on any atom is 0.196 e. The third kappa shape index (κ3) is 2.13. The Hall–Kier alpha value is -2.15. The Morgan fingerprint density at radius 1 is 1.24 bits per heavy atom. The summed E-state index contributed by atoms with van der Waals surface area (Å²) in [6.45, 7) is 0. The Bertz CT molecular complexity index is 933. The van der Waals surface area contributed by atoms with Crippen molar-refractivity contribution in [3.8, 4) is 0 Å². The van der Waals surface area contributed by atoms with Crippen LogP contribution in [-0.4, -0.2) is 35.9 Å². The molecule has 0 amide bonds. The van der Waals surface area contributed by atoms with Crippen molar-refractivity contribution in [2.24, 2.45) is 0 Å². The topological polar surface area (TPSA) is 85.1 Å². The average Bonchev–Trinajstić information content (AvgIpc) is 3.00. The van der Waals surface area contributed by atoms with E-state index in [2.05, 4.69) is 15.3 Å². The SMILES string of the molecule is O=S1(=O)CC[C@H](Nc2ncnc3c2oc2ccccc23)C1. The fourth-order valence-electron chi connectivity index (χ4n) is 2.73. The van der Waals surface area contributed by atoms with Crippen molar-refractivity contribution >= 4 is 37.7 Å². The molecule has 7 heteroatoms. The van der Waals surface area contributed by atoms with E-state index in [1.165, 1.54) is 6.33 Å². The molecule has 0 bridgehead atoms. The molecule has 1 fully saturated rings. The second-order valence-corrected chi connectivity index (χ2v) is 7.47. The lowest BCUT2D eigenvalue weighted by Crippen LogP contribution is -2.21. The van der Waals surface area contributed by atoms with Crippen LogP contribution in [0.3, 0.4) is 0 Å². The summed E-state index contributed by atoms with van der Waals surface area (Å²) >= 11 is 0. The van der Waals surface area contributed by atoms with Crippen molar-refractivity contribution in [3.05, 3.63) is 30.6 Å². The molecule has 0 saturated carbocycles. The molecule has 2 aromatic heterocycles. The van der Waals surface area contributed by atoms with Crippen LogP contribution in [0.1, 0.15) is 6.42 Å². The molecular weight excluding hydrogens is 290 g/mol. The summed E-state index contributed by atoms with van der Waals surface area (Å²) < 4.78 is 28.9. The zero-order valence-electron chi connectivity index (χ0n) is 11.1. The minimum absolute atomic E-state index is 0.124. The number of benzene rings is 1. The lowest BCUT2D eigenvalue weighted by Gasteiger charge is -2.10. The van der Waals surface area contributed by atoms with Crippen molar-refractivity contribution in [1.82, 2.24) is 9.97 Å². The summed E-state index contributed by atoms with van der Waals surface area (Å²) in [5, 5.41) is 4.10. The molecule has 6 nitrogen and oxygen atoms in total. The highest BCUT2D eigenvalue weighted by Crippen LogP contribution is 2.31. The van der Waals surface area contributed by atoms with Crippen molar-refractivity contribution in [2.45, 2.75) is 12.5 Å². The highest BCUT2D eigenvalue weighted by Gasteiger charge is 2.28. The lowest BCUT2D eigenvalue weighted by molar-refractivity contribution is 0.602. The second kappa shape index (κ2) is 4.42. The third-order valence-corrected chi connectivity index (χ3v) is 5.50. The fourth-order valence-corrected chi connectivity index (χ4v) is 4.40. The largest absolute Gasteiger partial charge is 0.450 e. The van der Waals surface area contributed by atoms with Gasteiger partial charge in [-0.15, -0.1) is 0 Å². The zero-order valence-corrected chi connectivity index (χ0v) is 11.9. The predicted octanol–water partition coefficient (Wildman–Crippen LogP) is 1.97. The van der Waals surface area contributed by atoms with Crippen LogP contribution >= 0.6 is 0 Å². The van der Waals surface area contributed by atoms with E-state index in [4.69, 9.17) is 4.42 Å². The molecule has 0 aliphatic carbocycles. The number of sulfone groups is 1. The minimum atomic E-state index is -2.93. The summed E-state index contributed by atoms with van der Waals surface area (Å²) in [6.07, 6.45) is 2.06. The van der Waals surface area contributed by atoms with Gasteiger partial charge in [0.05, 0.1) is 11.5 Å². The minimum Gasteiger partial charge on any atom is -0.450 e. The number of fused-ring (bicyclic) bond motifs is 3. The van der Waals surface area contributed by atoms with Gasteiger partial charge in [0.25, 0.3) is 0 Å². The Morgan fingerprint density at radius 2 is 2.10 bits per heavy atom. The van der Waals surface area contributed by atoms with Crippen LogP contribution in [0.4, 0.5) is 5.82 Å². The molecular formula is C14H13N3O3S. The van der Waals surface area contributed by atoms with Gasteiger partial charge in [0.2, 0.25) is 0 Å². The monoisotopic (exact) mass is 303 g/mol. The van der Waals surface area contributed by atoms with Crippen LogP contribution in [0, 0.1) is 0 Å². The van der Waals surface area contributed by atoms with Crippen molar-refractivity contribution in [1.29, 1.82) is 0 Å². The van der Waals surface area contributed by atoms with E-state index in [1.807, 2.05) is 24.3 Å². The van der Waals surface area contributed by atoms with Gasteiger partial charge in [-0.3, -0.25) is 0 Å². The molecule has 1 aliphatic rings. The smallest absolute Gasteiger partial charge is 0.196 e. The Balaban J connectivity index is 1.79. The first-order chi connectivity index (χ1) is 10.1. The van der Waals surface area contributed by atoms with E-state index in [0.29, 0.717) is 17.8 Å². The summed E-state index contributed by atoms with van der Waals surface area (Å²) in [4.78, 5) is 8.47. The second-order valence-electron chi connectivity index (χ2n) is 5.24. The molecule has 1 saturated heterocycles. The summed E-state index contributed by atoms with van der Waals surface area (Å²) in [7, 11) is -2.93.